The van der Waals surface area contributed by atoms with E-state index in [1.54, 1.807) is 18.0 Å². The van der Waals surface area contributed by atoms with E-state index in [0.717, 1.165) is 29.4 Å². The molecule has 1 aromatic heterocycles. The number of benzene rings is 1. The highest BCUT2D eigenvalue weighted by molar-refractivity contribution is 7.98. The van der Waals surface area contributed by atoms with Crippen molar-refractivity contribution >= 4 is 23.5 Å². The Morgan fingerprint density at radius 1 is 1.36 bits per heavy atom. The fraction of sp³-hybridized carbons (Fsp3) is 0.375. The molecule has 5 nitrogen and oxygen atoms in total. The Bertz CT molecular complexity index is 695. The highest BCUT2D eigenvalue weighted by atomic mass is 32.2. The van der Waals surface area contributed by atoms with Crippen molar-refractivity contribution in [1.82, 2.24) is 14.9 Å². The summed E-state index contributed by atoms with van der Waals surface area (Å²) in [5.41, 5.74) is 4.60. The van der Waals surface area contributed by atoms with E-state index < -0.39 is 0 Å². The lowest BCUT2D eigenvalue weighted by Crippen LogP contribution is -2.29. The van der Waals surface area contributed by atoms with Crippen LogP contribution in [0.3, 0.4) is 0 Å². The van der Waals surface area contributed by atoms with Gasteiger partial charge in [0.05, 0.1) is 18.4 Å². The van der Waals surface area contributed by atoms with E-state index in [4.69, 9.17) is 0 Å². The Kier molecular flexibility index (Phi) is 4.38. The van der Waals surface area contributed by atoms with Gasteiger partial charge in [-0.15, -0.1) is 0 Å². The number of thioether (sulfide) groups is 1. The summed E-state index contributed by atoms with van der Waals surface area (Å²) in [5.74, 6) is 0. The minimum absolute atomic E-state index is 0.190. The van der Waals surface area contributed by atoms with Crippen LogP contribution in [0, 0.1) is 0 Å². The van der Waals surface area contributed by atoms with Gasteiger partial charge in [0, 0.05) is 12.7 Å². The average Bonchev–Trinajstić information content (AvgIpc) is 3.11. The molecule has 0 bridgehead atoms. The Morgan fingerprint density at radius 3 is 2.95 bits per heavy atom. The van der Waals surface area contributed by atoms with Gasteiger partial charge in [-0.2, -0.15) is 0 Å². The fourth-order valence-corrected chi connectivity index (χ4v) is 3.32. The second kappa shape index (κ2) is 6.44. The Hall–Kier alpha value is -1.95. The van der Waals surface area contributed by atoms with Crippen LogP contribution in [0.5, 0.6) is 0 Å². The fourth-order valence-electron chi connectivity index (χ4n) is 2.78. The van der Waals surface area contributed by atoms with Gasteiger partial charge in [-0.25, -0.2) is 9.78 Å². The van der Waals surface area contributed by atoms with Crippen LogP contribution in [-0.2, 0) is 26.4 Å². The van der Waals surface area contributed by atoms with Crippen molar-refractivity contribution in [3.63, 3.8) is 0 Å². The van der Waals surface area contributed by atoms with Crippen molar-refractivity contribution in [1.29, 1.82) is 0 Å². The molecule has 0 fully saturated rings. The third-order valence-corrected chi connectivity index (χ3v) is 4.76. The summed E-state index contributed by atoms with van der Waals surface area (Å²) in [7, 11) is 1.95. The second-order valence-electron chi connectivity index (χ2n) is 5.44. The number of nitrogens with zero attached hydrogens (tertiary/aromatic N) is 2. The molecule has 0 radical (unpaired) electrons. The Labute approximate surface area is 134 Å². The van der Waals surface area contributed by atoms with Crippen molar-refractivity contribution in [3.8, 4) is 0 Å². The van der Waals surface area contributed by atoms with Gasteiger partial charge in [0.25, 0.3) is 0 Å². The number of rotatable bonds is 4. The highest BCUT2D eigenvalue weighted by Gasteiger charge is 2.12. The van der Waals surface area contributed by atoms with E-state index in [1.165, 1.54) is 17.5 Å². The van der Waals surface area contributed by atoms with Gasteiger partial charge in [-0.1, -0.05) is 17.8 Å². The minimum atomic E-state index is -0.190. The van der Waals surface area contributed by atoms with Crippen molar-refractivity contribution in [2.45, 2.75) is 31.0 Å². The van der Waals surface area contributed by atoms with Gasteiger partial charge in [0.1, 0.15) is 0 Å². The molecule has 0 aliphatic heterocycles. The smallest absolute Gasteiger partial charge is 0.319 e. The maximum Gasteiger partial charge on any atom is 0.319 e. The molecule has 0 saturated carbocycles. The number of hydrogen-bond donors (Lipinski definition) is 2. The first-order valence-electron chi connectivity index (χ1n) is 7.38. The molecule has 3 rings (SSSR count). The predicted octanol–water partition coefficient (Wildman–Crippen LogP) is 2.95. The number of fused-ring (bicyclic) bond motifs is 1. The number of hydrogen-bond acceptors (Lipinski definition) is 3. The number of imidazole rings is 1. The molecule has 2 amide bonds. The molecule has 1 aromatic carbocycles. The number of urea groups is 1. The first kappa shape index (κ1) is 15.0. The largest absolute Gasteiger partial charge is 0.332 e. The molecule has 0 atom stereocenters. The van der Waals surface area contributed by atoms with Crippen LogP contribution in [0.15, 0.2) is 29.6 Å². The van der Waals surface area contributed by atoms with Crippen LogP contribution in [-0.4, -0.2) is 21.8 Å². The average molecular weight is 316 g/mol. The van der Waals surface area contributed by atoms with Gasteiger partial charge >= 0.3 is 6.03 Å². The first-order chi connectivity index (χ1) is 10.7. The number of aromatic nitrogens is 2. The van der Waals surface area contributed by atoms with Gasteiger partial charge < -0.3 is 15.2 Å². The van der Waals surface area contributed by atoms with Gasteiger partial charge in [-0.3, -0.25) is 0 Å². The van der Waals surface area contributed by atoms with Gasteiger partial charge in [-0.05, 0) is 48.8 Å². The lowest BCUT2D eigenvalue weighted by molar-refractivity contribution is 0.251. The van der Waals surface area contributed by atoms with Crippen LogP contribution in [0.4, 0.5) is 10.5 Å². The quantitative estimate of drug-likeness (QED) is 0.853. The SMILES string of the molecule is CSc1ncc(CNC(=O)Nc2ccc3c(c2)CCC3)n1C. The lowest BCUT2D eigenvalue weighted by atomic mass is 10.1. The molecule has 1 heterocycles. The molecular formula is C16H20N4OS. The number of nitrogens with one attached hydrogen (secondary N) is 2. The number of aryl methyl sites for hydroxylation is 2. The van der Waals surface area contributed by atoms with Gasteiger partial charge in [0.15, 0.2) is 5.16 Å². The third-order valence-electron chi connectivity index (χ3n) is 4.01. The molecule has 0 spiro atoms. The standard InChI is InChI=1S/C16H20N4OS/c1-20-14(10-18-16(20)22-2)9-17-15(21)19-13-7-6-11-4-3-5-12(11)8-13/h6-8,10H,3-5,9H2,1-2H3,(H2,17,19,21). The molecule has 22 heavy (non-hydrogen) atoms. The van der Waals surface area contributed by atoms with Crippen molar-refractivity contribution < 1.29 is 4.79 Å². The summed E-state index contributed by atoms with van der Waals surface area (Å²) in [6.45, 7) is 0.459. The van der Waals surface area contributed by atoms with Crippen molar-refractivity contribution in [2.24, 2.45) is 7.05 Å². The van der Waals surface area contributed by atoms with E-state index in [1.807, 2.05) is 23.9 Å². The number of carbonyl (C=O) groups is 1. The molecule has 0 unspecified atom stereocenters. The van der Waals surface area contributed by atoms with Crippen LogP contribution >= 0.6 is 11.8 Å². The topological polar surface area (TPSA) is 59.0 Å². The summed E-state index contributed by atoms with van der Waals surface area (Å²) in [4.78, 5) is 16.3. The normalized spacial score (nSPS) is 13.0. The molecule has 1 aliphatic rings. The van der Waals surface area contributed by atoms with Crippen LogP contribution in [0.2, 0.25) is 0 Å². The molecule has 2 N–H and O–H groups in total. The van der Waals surface area contributed by atoms with E-state index in [9.17, 15) is 4.79 Å². The summed E-state index contributed by atoms with van der Waals surface area (Å²) in [5, 5.41) is 6.71. The maximum absolute atomic E-state index is 12.0. The van der Waals surface area contributed by atoms with Crippen LogP contribution in [0.1, 0.15) is 23.2 Å². The van der Waals surface area contributed by atoms with Gasteiger partial charge in [0.2, 0.25) is 0 Å². The third kappa shape index (κ3) is 3.11. The summed E-state index contributed by atoms with van der Waals surface area (Å²) < 4.78 is 1.99. The van der Waals surface area contributed by atoms with Crippen LogP contribution in [0.25, 0.3) is 0 Å². The monoisotopic (exact) mass is 316 g/mol. The molecule has 116 valence electrons. The summed E-state index contributed by atoms with van der Waals surface area (Å²) in [6.07, 6.45) is 7.25. The first-order valence-corrected chi connectivity index (χ1v) is 8.61. The lowest BCUT2D eigenvalue weighted by Gasteiger charge is -2.10. The summed E-state index contributed by atoms with van der Waals surface area (Å²) in [6, 6.07) is 5.98. The van der Waals surface area contributed by atoms with E-state index in [0.29, 0.717) is 6.54 Å². The number of carbonyl (C=O) groups excluding carboxylic acids is 1. The molecule has 1 aliphatic carbocycles. The highest BCUT2D eigenvalue weighted by Crippen LogP contribution is 2.24. The van der Waals surface area contributed by atoms with E-state index >= 15 is 0 Å². The van der Waals surface area contributed by atoms with Crippen molar-refractivity contribution in [3.05, 3.63) is 41.2 Å². The van der Waals surface area contributed by atoms with E-state index in [-0.39, 0.29) is 6.03 Å². The molecule has 2 aromatic rings. The Balaban J connectivity index is 1.57. The predicted molar refractivity (Wildman–Crippen MR) is 89.3 cm³/mol. The zero-order valence-electron chi connectivity index (χ0n) is 12.8. The number of amides is 2. The maximum atomic E-state index is 12.0. The Morgan fingerprint density at radius 2 is 2.18 bits per heavy atom. The second-order valence-corrected chi connectivity index (χ2v) is 6.21. The zero-order chi connectivity index (χ0) is 15.5. The zero-order valence-corrected chi connectivity index (χ0v) is 13.7. The number of anilines is 1. The molecule has 6 heteroatoms. The molecular weight excluding hydrogens is 296 g/mol. The van der Waals surface area contributed by atoms with Crippen LogP contribution < -0.4 is 10.6 Å². The minimum Gasteiger partial charge on any atom is -0.332 e. The molecule has 0 saturated heterocycles. The summed E-state index contributed by atoms with van der Waals surface area (Å²) >= 11 is 1.59. The van der Waals surface area contributed by atoms with E-state index in [2.05, 4.69) is 27.8 Å². The van der Waals surface area contributed by atoms with Crippen molar-refractivity contribution in [2.75, 3.05) is 11.6 Å².